The van der Waals surface area contributed by atoms with Crippen molar-refractivity contribution in [2.75, 3.05) is 38.1 Å². The lowest BCUT2D eigenvalue weighted by atomic mass is 9.65. The average molecular weight is 344 g/mol. The molecule has 1 amide bonds. The summed E-state index contributed by atoms with van der Waals surface area (Å²) in [6.45, 7) is 2.82. The van der Waals surface area contributed by atoms with Gasteiger partial charge in [-0.05, 0) is 37.0 Å². The van der Waals surface area contributed by atoms with Crippen molar-refractivity contribution in [2.45, 2.75) is 32.1 Å². The normalized spacial score (nSPS) is 23.6. The molecule has 0 unspecified atom stereocenters. The van der Waals surface area contributed by atoms with E-state index in [1.54, 1.807) is 10.9 Å². The third-order valence-electron chi connectivity index (χ3n) is 6.13. The van der Waals surface area contributed by atoms with E-state index in [9.17, 15) is 4.79 Å². The Balaban J connectivity index is 1.35. The van der Waals surface area contributed by atoms with Crippen molar-refractivity contribution in [2.24, 2.45) is 23.4 Å². The van der Waals surface area contributed by atoms with Gasteiger partial charge in [-0.3, -0.25) is 14.5 Å². The maximum atomic E-state index is 12.6. The van der Waals surface area contributed by atoms with Gasteiger partial charge >= 0.3 is 0 Å². The highest BCUT2D eigenvalue weighted by atomic mass is 16.2. The molecule has 0 bridgehead atoms. The third-order valence-corrected chi connectivity index (χ3v) is 6.13. The number of carbonyl (C=O) groups excluding carboxylic acids is 1. The van der Waals surface area contributed by atoms with Crippen molar-refractivity contribution < 1.29 is 4.79 Å². The summed E-state index contributed by atoms with van der Waals surface area (Å²) >= 11 is 0. The fraction of sp³-hybridized carbons (Fsp3) is 0.722. The van der Waals surface area contributed by atoms with Crippen LogP contribution in [0.15, 0.2) is 17.4 Å². The quantitative estimate of drug-likeness (QED) is 0.659. The Hall–Kier alpha value is -2.05. The van der Waals surface area contributed by atoms with Gasteiger partial charge < -0.3 is 15.1 Å². The van der Waals surface area contributed by atoms with Crippen LogP contribution in [0.2, 0.25) is 0 Å². The molecule has 0 radical (unpaired) electrons. The molecular weight excluding hydrogens is 316 g/mol. The zero-order valence-corrected chi connectivity index (χ0v) is 15.2. The Labute approximate surface area is 149 Å². The van der Waals surface area contributed by atoms with Crippen molar-refractivity contribution in [3.05, 3.63) is 12.4 Å². The summed E-state index contributed by atoms with van der Waals surface area (Å²) in [7, 11) is 3.68. The summed E-state index contributed by atoms with van der Waals surface area (Å²) in [5, 5.41) is 7.74. The standard InChI is InChI=1S/C18H28N6O/c1-19-17(20-13-18(6-3-7-18)14-4-5-14)23-8-9-24(16(25)12-23)15-10-21-22(2)11-15/h10-11,14H,3-9,12-13H2,1-2H3,(H,19,20). The Bertz CT molecular complexity index is 673. The minimum absolute atomic E-state index is 0.0998. The highest BCUT2D eigenvalue weighted by molar-refractivity contribution is 5.98. The van der Waals surface area contributed by atoms with Crippen LogP contribution in [0, 0.1) is 11.3 Å². The molecule has 0 spiro atoms. The van der Waals surface area contributed by atoms with Crippen molar-refractivity contribution in [3.63, 3.8) is 0 Å². The number of aromatic nitrogens is 2. The van der Waals surface area contributed by atoms with Crippen LogP contribution in [0.1, 0.15) is 32.1 Å². The van der Waals surface area contributed by atoms with Crippen molar-refractivity contribution in [3.8, 4) is 0 Å². The molecule has 3 aliphatic rings. The zero-order valence-electron chi connectivity index (χ0n) is 15.2. The number of piperazine rings is 1. The number of nitrogens with zero attached hydrogens (tertiary/aromatic N) is 5. The predicted molar refractivity (Wildman–Crippen MR) is 97.5 cm³/mol. The first-order valence-electron chi connectivity index (χ1n) is 9.36. The summed E-state index contributed by atoms with van der Waals surface area (Å²) in [6, 6.07) is 0. The zero-order chi connectivity index (χ0) is 17.4. The Morgan fingerprint density at radius 1 is 1.40 bits per heavy atom. The van der Waals surface area contributed by atoms with E-state index in [0.29, 0.717) is 18.5 Å². The van der Waals surface area contributed by atoms with E-state index in [1.807, 2.05) is 25.2 Å². The highest BCUT2D eigenvalue weighted by Gasteiger charge is 2.49. The van der Waals surface area contributed by atoms with Crippen molar-refractivity contribution in [1.29, 1.82) is 0 Å². The minimum atomic E-state index is 0.0998. The summed E-state index contributed by atoms with van der Waals surface area (Å²) in [4.78, 5) is 20.9. The first-order valence-corrected chi connectivity index (χ1v) is 9.36. The maximum Gasteiger partial charge on any atom is 0.246 e. The number of amides is 1. The molecule has 3 fully saturated rings. The van der Waals surface area contributed by atoms with E-state index in [4.69, 9.17) is 0 Å². The predicted octanol–water partition coefficient (Wildman–Crippen LogP) is 1.22. The van der Waals surface area contributed by atoms with Gasteiger partial charge in [-0.15, -0.1) is 0 Å². The monoisotopic (exact) mass is 344 g/mol. The Kier molecular flexibility index (Phi) is 4.17. The van der Waals surface area contributed by atoms with Gasteiger partial charge in [-0.25, -0.2) is 0 Å². The van der Waals surface area contributed by atoms with Gasteiger partial charge in [0.2, 0.25) is 5.91 Å². The van der Waals surface area contributed by atoms with Crippen LogP contribution >= 0.6 is 0 Å². The lowest BCUT2D eigenvalue weighted by Gasteiger charge is -2.44. The summed E-state index contributed by atoms with van der Waals surface area (Å²) in [6.07, 6.45) is 10.5. The number of anilines is 1. The Morgan fingerprint density at radius 2 is 2.20 bits per heavy atom. The van der Waals surface area contributed by atoms with E-state index in [1.165, 1.54) is 32.1 Å². The van der Waals surface area contributed by atoms with Gasteiger partial charge in [-0.1, -0.05) is 6.42 Å². The molecule has 0 atom stereocenters. The molecular formula is C18H28N6O. The van der Waals surface area contributed by atoms with Crippen LogP contribution in [-0.4, -0.2) is 59.8 Å². The fourth-order valence-electron chi connectivity index (χ4n) is 4.32. The second-order valence-corrected chi connectivity index (χ2v) is 7.73. The number of hydrogen-bond acceptors (Lipinski definition) is 3. The second-order valence-electron chi connectivity index (χ2n) is 7.73. The van der Waals surface area contributed by atoms with Gasteiger partial charge in [0.1, 0.15) is 6.54 Å². The second kappa shape index (κ2) is 6.35. The van der Waals surface area contributed by atoms with Crippen molar-refractivity contribution >= 4 is 17.6 Å². The lowest BCUT2D eigenvalue weighted by molar-refractivity contribution is -0.120. The number of hydrogen-bond donors (Lipinski definition) is 1. The lowest BCUT2D eigenvalue weighted by Crippen LogP contribution is -2.57. The number of guanidine groups is 1. The van der Waals surface area contributed by atoms with E-state index < -0.39 is 0 Å². The molecule has 1 aliphatic heterocycles. The van der Waals surface area contributed by atoms with Crippen LogP contribution in [0.5, 0.6) is 0 Å². The summed E-state index contributed by atoms with van der Waals surface area (Å²) in [5.41, 5.74) is 1.37. The number of nitrogens with one attached hydrogen (secondary N) is 1. The molecule has 7 heteroatoms. The van der Waals surface area contributed by atoms with Crippen LogP contribution in [0.25, 0.3) is 0 Å². The molecule has 1 aromatic heterocycles. The molecule has 1 N–H and O–H groups in total. The molecule has 2 saturated carbocycles. The minimum Gasteiger partial charge on any atom is -0.356 e. The van der Waals surface area contributed by atoms with Crippen LogP contribution in [-0.2, 0) is 11.8 Å². The number of aryl methyl sites for hydroxylation is 1. The van der Waals surface area contributed by atoms with Gasteiger partial charge in [0, 0.05) is 39.9 Å². The molecule has 2 aliphatic carbocycles. The topological polar surface area (TPSA) is 65.8 Å². The van der Waals surface area contributed by atoms with Gasteiger partial charge in [0.05, 0.1) is 11.9 Å². The molecule has 136 valence electrons. The van der Waals surface area contributed by atoms with Gasteiger partial charge in [0.25, 0.3) is 0 Å². The number of rotatable bonds is 4. The number of carbonyl (C=O) groups is 1. The SMILES string of the molecule is CN=C(NCC1(C2CC2)CCC1)N1CCN(c2cnn(C)c2)C(=O)C1. The van der Waals surface area contributed by atoms with Gasteiger partial charge in [0.15, 0.2) is 5.96 Å². The Morgan fingerprint density at radius 3 is 2.72 bits per heavy atom. The van der Waals surface area contributed by atoms with E-state index in [2.05, 4.69) is 20.3 Å². The van der Waals surface area contributed by atoms with Gasteiger partial charge in [-0.2, -0.15) is 5.10 Å². The number of aliphatic imine (C=N–C) groups is 1. The van der Waals surface area contributed by atoms with E-state index in [-0.39, 0.29) is 5.91 Å². The van der Waals surface area contributed by atoms with Crippen molar-refractivity contribution in [1.82, 2.24) is 20.0 Å². The largest absolute Gasteiger partial charge is 0.356 e. The average Bonchev–Trinajstić information content (AvgIpc) is 3.32. The summed E-state index contributed by atoms with van der Waals surface area (Å²) < 4.78 is 1.73. The fourth-order valence-corrected chi connectivity index (χ4v) is 4.32. The smallest absolute Gasteiger partial charge is 0.246 e. The first kappa shape index (κ1) is 16.4. The van der Waals surface area contributed by atoms with Crippen LogP contribution < -0.4 is 10.2 Å². The molecule has 7 nitrogen and oxygen atoms in total. The van der Waals surface area contributed by atoms with E-state index >= 15 is 0 Å². The van der Waals surface area contributed by atoms with Crippen LogP contribution in [0.3, 0.4) is 0 Å². The molecule has 25 heavy (non-hydrogen) atoms. The van der Waals surface area contributed by atoms with Crippen LogP contribution in [0.4, 0.5) is 5.69 Å². The summed E-state index contributed by atoms with van der Waals surface area (Å²) in [5.74, 6) is 1.88. The molecule has 1 aromatic rings. The molecule has 4 rings (SSSR count). The highest BCUT2D eigenvalue weighted by Crippen LogP contribution is 2.56. The third kappa shape index (κ3) is 3.12. The van der Waals surface area contributed by atoms with E-state index in [0.717, 1.165) is 30.7 Å². The molecule has 2 heterocycles. The molecule has 0 aromatic carbocycles. The maximum absolute atomic E-state index is 12.6. The first-order chi connectivity index (χ1) is 12.1. The molecule has 1 saturated heterocycles.